The topological polar surface area (TPSA) is 179 Å². The van der Waals surface area contributed by atoms with Gasteiger partial charge in [0, 0.05) is 0 Å². The molecule has 0 aliphatic rings. The predicted molar refractivity (Wildman–Crippen MR) is 20.4 cm³/mol. The lowest BCUT2D eigenvalue weighted by molar-refractivity contribution is -1.92. The van der Waals surface area contributed by atoms with Gasteiger partial charge in [-0.25, -0.2) is 0 Å². The highest BCUT2D eigenvalue weighted by molar-refractivity contribution is 3.92. The Kier molecular flexibility index (Phi) is 12.9. The van der Waals surface area contributed by atoms with Crippen molar-refractivity contribution in [2.24, 2.45) is 0 Å². The molecule has 0 radical (unpaired) electrons. The Hall–Kier alpha value is 0.260. The highest BCUT2D eigenvalue weighted by atomic mass is 35.7. The van der Waals surface area contributed by atoms with E-state index in [0.717, 1.165) is 0 Å². The van der Waals surface area contributed by atoms with Crippen LogP contribution in [0.25, 0.3) is 0 Å². The summed E-state index contributed by atoms with van der Waals surface area (Å²) in [6.45, 7) is 4.25. The van der Waals surface area contributed by atoms with Crippen LogP contribution in [0.1, 0.15) is 20.3 Å². The van der Waals surface area contributed by atoms with E-state index in [1.165, 1.54) is 6.42 Å². The van der Waals surface area contributed by atoms with Crippen molar-refractivity contribution in [2.75, 3.05) is 0 Å². The molecule has 0 saturated carbocycles. The summed E-state index contributed by atoms with van der Waals surface area (Å²) in [7, 11) is -9.39. The predicted octanol–water partition coefficient (Wildman–Crippen LogP) is -6.83. The van der Waals surface area contributed by atoms with Crippen LogP contribution < -0.4 is 28.0 Å². The number of hydrogen-bond acceptors (Lipinski definition) is 8. The standard InChI is InChI=1S/C3H8.2ClHO4/c1-3-2;2*2-1(3,4)5/h3H2,1-2H3;2*(H,2,3,4,5). The Morgan fingerprint density at radius 2 is 0.769 bits per heavy atom. The van der Waals surface area contributed by atoms with E-state index in [1.807, 2.05) is 0 Å². The van der Waals surface area contributed by atoms with E-state index in [1.54, 1.807) is 0 Å². The molecule has 0 aromatic carbocycles. The average molecular weight is 245 g/mol. The fourth-order valence-corrected chi connectivity index (χ4v) is 0. The molecule has 0 amide bonds. The van der Waals surface area contributed by atoms with Crippen LogP contribution in [0, 0.1) is 20.5 Å². The third-order valence-corrected chi connectivity index (χ3v) is 0. The number of rotatable bonds is 0. The summed E-state index contributed by atoms with van der Waals surface area (Å²) in [6.07, 6.45) is 1.25. The molecule has 0 atom stereocenters. The van der Waals surface area contributed by atoms with E-state index in [0.29, 0.717) is 0 Å². The molecule has 0 aliphatic heterocycles. The summed E-state index contributed by atoms with van der Waals surface area (Å²) in [5, 5.41) is 0. The van der Waals surface area contributed by atoms with Gasteiger partial charge < -0.3 is 0 Å². The Morgan fingerprint density at radius 3 is 0.769 bits per heavy atom. The fraction of sp³-hybridized carbons (Fsp3) is 1.00. The monoisotopic (exact) mass is 244 g/mol. The van der Waals surface area contributed by atoms with Crippen LogP contribution in [0.2, 0.25) is 0 Å². The Labute approximate surface area is 78.8 Å². The molecule has 0 unspecified atom stereocenters. The number of halogens is 2. The quantitative estimate of drug-likeness (QED) is 0.422. The van der Waals surface area contributed by atoms with Crippen LogP contribution in [0.4, 0.5) is 0 Å². The molecule has 10 heteroatoms. The van der Waals surface area contributed by atoms with Gasteiger partial charge in [0.1, 0.15) is 0 Å². The smallest absolute Gasteiger partial charge is 0.0777 e. The van der Waals surface area contributed by atoms with E-state index in [4.69, 9.17) is 37.3 Å². The molecule has 8 nitrogen and oxygen atoms in total. The molecule has 0 saturated heterocycles. The van der Waals surface area contributed by atoms with Gasteiger partial charge in [0.15, 0.2) is 0 Å². The fourth-order valence-electron chi connectivity index (χ4n) is 0. The summed E-state index contributed by atoms with van der Waals surface area (Å²) < 4.78 is 65.4. The molecule has 0 aromatic rings. The van der Waals surface area contributed by atoms with Crippen molar-refractivity contribution in [3.63, 3.8) is 0 Å². The zero-order chi connectivity index (χ0) is 11.7. The van der Waals surface area contributed by atoms with E-state index in [9.17, 15) is 0 Å². The summed E-state index contributed by atoms with van der Waals surface area (Å²) in [5.41, 5.74) is 0. The zero-order valence-electron chi connectivity index (χ0n) is 6.81. The van der Waals surface area contributed by atoms with Crippen LogP contribution in [0.15, 0.2) is 0 Å². The molecule has 0 fully saturated rings. The Morgan fingerprint density at radius 1 is 0.769 bits per heavy atom. The largest absolute Gasteiger partial charge is 0.183 e. The minimum Gasteiger partial charge on any atom is -0.183 e. The van der Waals surface area contributed by atoms with E-state index in [-0.39, 0.29) is 0 Å². The van der Waals surface area contributed by atoms with Crippen LogP contribution in [0.3, 0.4) is 0 Å². The SMILES string of the molecule is CCC.[O-][Cl+3]([O-])([O-])O.[O-][Cl+3]([O-])([O-])O. The summed E-state index contributed by atoms with van der Waals surface area (Å²) >= 11 is 0. The maximum absolute atomic E-state index is 8.60. The second kappa shape index (κ2) is 8.84. The second-order valence-electron chi connectivity index (χ2n) is 1.50. The van der Waals surface area contributed by atoms with E-state index < -0.39 is 20.5 Å². The van der Waals surface area contributed by atoms with Crippen molar-refractivity contribution < 1.29 is 57.8 Å². The molecular weight excluding hydrogens is 235 g/mol. The van der Waals surface area contributed by atoms with E-state index >= 15 is 0 Å². The Bertz CT molecular complexity index is 70.5. The van der Waals surface area contributed by atoms with Crippen LogP contribution in [-0.4, -0.2) is 9.32 Å². The van der Waals surface area contributed by atoms with E-state index in [2.05, 4.69) is 13.8 Å². The first-order chi connectivity index (χ1) is 5.41. The summed E-state index contributed by atoms with van der Waals surface area (Å²) in [5.74, 6) is 0. The van der Waals surface area contributed by atoms with Crippen molar-refractivity contribution in [2.45, 2.75) is 20.3 Å². The highest BCUT2D eigenvalue weighted by Gasteiger charge is 1.99. The van der Waals surface area contributed by atoms with Gasteiger partial charge in [-0.3, -0.25) is 0 Å². The third-order valence-electron chi connectivity index (χ3n) is 0. The molecule has 0 aliphatic carbocycles. The van der Waals surface area contributed by atoms with Gasteiger partial charge in [-0.15, -0.1) is 0 Å². The zero-order valence-corrected chi connectivity index (χ0v) is 8.32. The van der Waals surface area contributed by atoms with Crippen LogP contribution in [-0.2, 0) is 0 Å². The first-order valence-corrected chi connectivity index (χ1v) is 5.21. The number of hydrogen-bond donors (Lipinski definition) is 2. The van der Waals surface area contributed by atoms with Crippen molar-refractivity contribution >= 4 is 0 Å². The van der Waals surface area contributed by atoms with Crippen molar-refractivity contribution in [1.82, 2.24) is 0 Å². The first kappa shape index (κ1) is 18.9. The van der Waals surface area contributed by atoms with Crippen LogP contribution in [0.5, 0.6) is 0 Å². The molecular formula is C3H10Cl2O8. The summed E-state index contributed by atoms with van der Waals surface area (Å²) in [4.78, 5) is 0. The molecule has 0 spiro atoms. The highest BCUT2D eigenvalue weighted by Crippen LogP contribution is 1.61. The molecule has 0 bridgehead atoms. The van der Waals surface area contributed by atoms with Crippen LogP contribution >= 0.6 is 0 Å². The molecule has 13 heavy (non-hydrogen) atoms. The van der Waals surface area contributed by atoms with Crippen molar-refractivity contribution in [3.8, 4) is 0 Å². The molecule has 2 N–H and O–H groups in total. The molecule has 0 aromatic heterocycles. The summed E-state index contributed by atoms with van der Waals surface area (Å²) in [6, 6.07) is 0. The van der Waals surface area contributed by atoms with Gasteiger partial charge >= 0.3 is 0 Å². The van der Waals surface area contributed by atoms with Gasteiger partial charge in [0.05, 0.1) is 29.8 Å². The molecule has 84 valence electrons. The van der Waals surface area contributed by atoms with Gasteiger partial charge in [-0.05, 0) is 0 Å². The average Bonchev–Trinajstić information content (AvgIpc) is 1.52. The second-order valence-corrected chi connectivity index (χ2v) is 3.08. The lowest BCUT2D eigenvalue weighted by Crippen LogP contribution is -2.58. The minimum atomic E-state index is -4.69. The maximum Gasteiger partial charge on any atom is 0.0777 e. The Balaban J connectivity index is -0.000000120. The first-order valence-electron chi connectivity index (χ1n) is 2.68. The maximum atomic E-state index is 8.60. The van der Waals surface area contributed by atoms with Gasteiger partial charge in [-0.2, -0.15) is 28.0 Å². The molecule has 0 heterocycles. The van der Waals surface area contributed by atoms with Gasteiger partial charge in [-0.1, -0.05) is 20.3 Å². The van der Waals surface area contributed by atoms with Gasteiger partial charge in [0.2, 0.25) is 0 Å². The van der Waals surface area contributed by atoms with Crippen molar-refractivity contribution in [1.29, 1.82) is 0 Å². The third kappa shape index (κ3) is 19100. The van der Waals surface area contributed by atoms with Crippen molar-refractivity contribution in [3.05, 3.63) is 0 Å². The molecule has 0 rings (SSSR count). The minimum absolute atomic E-state index is 1.25. The normalized spacial score (nSPS) is 10.6. The lowest BCUT2D eigenvalue weighted by Gasteiger charge is -2.03. The lowest BCUT2D eigenvalue weighted by atomic mass is 10.6. The van der Waals surface area contributed by atoms with Gasteiger partial charge in [0.25, 0.3) is 0 Å².